The number of likely N-dealkylation sites (N-methyl/N-ethyl adjacent to an activating group) is 1. The number of carbonyl (C=O) groups is 3. The van der Waals surface area contributed by atoms with Gasteiger partial charge in [-0.1, -0.05) is 0 Å². The molecule has 1 unspecified atom stereocenters. The van der Waals surface area contributed by atoms with E-state index in [1.165, 1.54) is 7.11 Å². The first-order valence-electron chi connectivity index (χ1n) is 11.7. The van der Waals surface area contributed by atoms with E-state index >= 15 is 0 Å². The summed E-state index contributed by atoms with van der Waals surface area (Å²) in [5, 5.41) is 3.26. The average molecular weight is 443 g/mol. The standard InChI is InChI=1S/C24H34N4O4/c1-27(12-16-7-9-25-10-8-16)15-21(29)26-22-19-5-6-20(22)14-28(13-19)23(30)17-3-4-18(11-17)24(31)32-2/h7-10,17-20,22H,3-6,11-15H2,1-2H3,(H,26,29)/t17-,18+,19-,20+,22?/m0/s1. The maximum atomic E-state index is 13.1. The molecule has 1 aromatic rings. The number of aromatic nitrogens is 1. The first-order valence-corrected chi connectivity index (χ1v) is 11.7. The van der Waals surface area contributed by atoms with Crippen molar-refractivity contribution in [2.24, 2.45) is 23.7 Å². The van der Waals surface area contributed by atoms with Crippen molar-refractivity contribution in [1.82, 2.24) is 20.1 Å². The van der Waals surface area contributed by atoms with Gasteiger partial charge in [-0.3, -0.25) is 24.3 Å². The summed E-state index contributed by atoms with van der Waals surface area (Å²) in [5.74, 6) is 0.416. The lowest BCUT2D eigenvalue weighted by atomic mass is 9.90. The molecule has 2 amide bonds. The van der Waals surface area contributed by atoms with Crippen molar-refractivity contribution in [3.05, 3.63) is 30.1 Å². The Kier molecular flexibility index (Phi) is 7.08. The molecule has 1 aliphatic heterocycles. The molecular weight excluding hydrogens is 408 g/mol. The number of methoxy groups -OCH3 is 1. The minimum absolute atomic E-state index is 0.0416. The van der Waals surface area contributed by atoms with Gasteiger partial charge >= 0.3 is 5.97 Å². The summed E-state index contributed by atoms with van der Waals surface area (Å²) >= 11 is 0. The van der Waals surface area contributed by atoms with Crippen molar-refractivity contribution in [2.45, 2.75) is 44.7 Å². The minimum atomic E-state index is -0.198. The Balaban J connectivity index is 1.26. The molecule has 1 aromatic heterocycles. The molecule has 1 saturated heterocycles. The molecule has 3 fully saturated rings. The summed E-state index contributed by atoms with van der Waals surface area (Å²) in [6.07, 6.45) is 7.70. The van der Waals surface area contributed by atoms with Gasteiger partial charge in [0.25, 0.3) is 0 Å². The molecule has 0 radical (unpaired) electrons. The lowest BCUT2D eigenvalue weighted by molar-refractivity contribution is -0.145. The molecule has 174 valence electrons. The predicted octanol–water partition coefficient (Wildman–Crippen LogP) is 1.46. The van der Waals surface area contributed by atoms with Crippen LogP contribution in [0.2, 0.25) is 0 Å². The maximum Gasteiger partial charge on any atom is 0.308 e. The second kappa shape index (κ2) is 9.98. The van der Waals surface area contributed by atoms with E-state index in [1.54, 1.807) is 12.4 Å². The Morgan fingerprint density at radius 2 is 1.75 bits per heavy atom. The molecule has 3 aliphatic rings. The van der Waals surface area contributed by atoms with Gasteiger partial charge in [-0.25, -0.2) is 0 Å². The van der Waals surface area contributed by atoms with Gasteiger partial charge < -0.3 is 15.0 Å². The number of carbonyl (C=O) groups excluding carboxylic acids is 3. The van der Waals surface area contributed by atoms with Gasteiger partial charge in [0.15, 0.2) is 0 Å². The van der Waals surface area contributed by atoms with Crippen LogP contribution in [0.25, 0.3) is 0 Å². The number of rotatable bonds is 7. The molecule has 1 N–H and O–H groups in total. The summed E-state index contributed by atoms with van der Waals surface area (Å²) in [7, 11) is 3.35. The van der Waals surface area contributed by atoms with Crippen LogP contribution in [-0.2, 0) is 25.7 Å². The Labute approximate surface area is 189 Å². The number of ether oxygens (including phenoxy) is 1. The van der Waals surface area contributed by atoms with Crippen LogP contribution in [0.3, 0.4) is 0 Å². The van der Waals surface area contributed by atoms with Crippen molar-refractivity contribution in [1.29, 1.82) is 0 Å². The van der Waals surface area contributed by atoms with Crippen LogP contribution in [-0.4, -0.2) is 72.4 Å². The fraction of sp³-hybridized carbons (Fsp3) is 0.667. The van der Waals surface area contributed by atoms with E-state index < -0.39 is 0 Å². The van der Waals surface area contributed by atoms with Gasteiger partial charge in [0.1, 0.15) is 0 Å². The fourth-order valence-electron chi connectivity index (χ4n) is 5.82. The monoisotopic (exact) mass is 442 g/mol. The van der Waals surface area contributed by atoms with Gasteiger partial charge in [0.2, 0.25) is 11.8 Å². The van der Waals surface area contributed by atoms with E-state index in [4.69, 9.17) is 4.74 Å². The first-order chi connectivity index (χ1) is 15.4. The normalized spacial score (nSPS) is 29.2. The zero-order valence-electron chi connectivity index (χ0n) is 19.0. The summed E-state index contributed by atoms with van der Waals surface area (Å²) in [5.41, 5.74) is 1.13. The first kappa shape index (κ1) is 22.7. The van der Waals surface area contributed by atoms with Gasteiger partial charge in [-0.15, -0.1) is 0 Å². The third-order valence-electron chi connectivity index (χ3n) is 7.40. The Hall–Kier alpha value is -2.48. The smallest absolute Gasteiger partial charge is 0.308 e. The molecule has 0 spiro atoms. The number of hydrogen-bond donors (Lipinski definition) is 1. The molecule has 2 bridgehead atoms. The van der Waals surface area contributed by atoms with Crippen LogP contribution in [0, 0.1) is 23.7 Å². The number of amides is 2. The van der Waals surface area contributed by atoms with Crippen molar-refractivity contribution < 1.29 is 19.1 Å². The minimum Gasteiger partial charge on any atom is -0.469 e. The van der Waals surface area contributed by atoms with Crippen molar-refractivity contribution in [2.75, 3.05) is 33.8 Å². The van der Waals surface area contributed by atoms with Gasteiger partial charge in [-0.05, 0) is 68.7 Å². The van der Waals surface area contributed by atoms with E-state index in [-0.39, 0.29) is 35.7 Å². The second-order valence-electron chi connectivity index (χ2n) is 9.69. The number of nitrogens with zero attached hydrogens (tertiary/aromatic N) is 3. The Bertz CT molecular complexity index is 819. The largest absolute Gasteiger partial charge is 0.469 e. The molecule has 8 nitrogen and oxygen atoms in total. The molecule has 2 aliphatic carbocycles. The lowest BCUT2D eigenvalue weighted by Gasteiger charge is -2.39. The zero-order chi connectivity index (χ0) is 22.7. The number of esters is 1. The highest BCUT2D eigenvalue weighted by Gasteiger charge is 2.46. The SMILES string of the molecule is COC(=O)[C@@H]1CC[C@H](C(=O)N2C[C@H]3CC[C@@H](C2)C3NC(=O)CN(C)Cc2ccncc2)C1. The molecule has 4 rings (SSSR count). The number of hydrogen-bond acceptors (Lipinski definition) is 6. The molecule has 8 heteroatoms. The fourth-order valence-corrected chi connectivity index (χ4v) is 5.82. The zero-order valence-corrected chi connectivity index (χ0v) is 19.0. The van der Waals surface area contributed by atoms with Crippen LogP contribution in [0.5, 0.6) is 0 Å². The highest BCUT2D eigenvalue weighted by Crippen LogP contribution is 2.39. The summed E-state index contributed by atoms with van der Waals surface area (Å²) in [6.45, 7) is 2.45. The molecule has 0 aromatic carbocycles. The predicted molar refractivity (Wildman–Crippen MR) is 118 cm³/mol. The highest BCUT2D eigenvalue weighted by molar-refractivity contribution is 5.82. The van der Waals surface area contributed by atoms with E-state index in [9.17, 15) is 14.4 Å². The van der Waals surface area contributed by atoms with E-state index in [0.717, 1.165) is 31.2 Å². The molecule has 2 heterocycles. The van der Waals surface area contributed by atoms with Crippen LogP contribution >= 0.6 is 0 Å². The number of fused-ring (bicyclic) bond motifs is 2. The number of piperidine rings is 1. The van der Waals surface area contributed by atoms with Gasteiger partial charge in [-0.2, -0.15) is 0 Å². The van der Waals surface area contributed by atoms with Crippen LogP contribution in [0.15, 0.2) is 24.5 Å². The third-order valence-corrected chi connectivity index (χ3v) is 7.40. The number of likely N-dealkylation sites (tertiary alicyclic amines) is 1. The average Bonchev–Trinajstić information content (AvgIpc) is 3.35. The molecular formula is C24H34N4O4. The van der Waals surface area contributed by atoms with Crippen LogP contribution < -0.4 is 5.32 Å². The van der Waals surface area contributed by atoms with E-state index in [0.29, 0.717) is 44.4 Å². The van der Waals surface area contributed by atoms with Crippen LogP contribution in [0.4, 0.5) is 0 Å². The van der Waals surface area contributed by atoms with Gasteiger partial charge in [0, 0.05) is 44.0 Å². The van der Waals surface area contributed by atoms with Crippen molar-refractivity contribution in [3.8, 4) is 0 Å². The Morgan fingerprint density at radius 3 is 2.41 bits per heavy atom. The molecule has 5 atom stereocenters. The topological polar surface area (TPSA) is 91.8 Å². The highest BCUT2D eigenvalue weighted by atomic mass is 16.5. The molecule has 32 heavy (non-hydrogen) atoms. The molecule has 2 saturated carbocycles. The lowest BCUT2D eigenvalue weighted by Crippen LogP contribution is -2.55. The third kappa shape index (κ3) is 5.11. The number of pyridine rings is 1. The van der Waals surface area contributed by atoms with Crippen molar-refractivity contribution in [3.63, 3.8) is 0 Å². The summed E-state index contributed by atoms with van der Waals surface area (Å²) in [4.78, 5) is 45.6. The van der Waals surface area contributed by atoms with E-state index in [2.05, 4.69) is 10.3 Å². The van der Waals surface area contributed by atoms with Crippen molar-refractivity contribution >= 4 is 17.8 Å². The summed E-state index contributed by atoms with van der Waals surface area (Å²) in [6, 6.07) is 4.06. The van der Waals surface area contributed by atoms with Crippen LogP contribution in [0.1, 0.15) is 37.7 Å². The maximum absolute atomic E-state index is 13.1. The van der Waals surface area contributed by atoms with Gasteiger partial charge in [0.05, 0.1) is 19.6 Å². The number of nitrogens with one attached hydrogen (secondary N) is 1. The second-order valence-corrected chi connectivity index (χ2v) is 9.69. The van der Waals surface area contributed by atoms with E-state index in [1.807, 2.05) is 29.0 Å². The quantitative estimate of drug-likeness (QED) is 0.643. The summed E-state index contributed by atoms with van der Waals surface area (Å²) < 4.78 is 4.85. The Morgan fingerprint density at radius 1 is 1.09 bits per heavy atom.